The van der Waals surface area contributed by atoms with E-state index in [1.165, 1.54) is 11.3 Å². The molecule has 138 valence electrons. The van der Waals surface area contributed by atoms with Crippen molar-refractivity contribution in [3.63, 3.8) is 0 Å². The molecular formula is C18H16N4O4S. The third-order valence-electron chi connectivity index (χ3n) is 4.45. The zero-order valence-electron chi connectivity index (χ0n) is 14.6. The smallest absolute Gasteiger partial charge is 0.325 e. The van der Waals surface area contributed by atoms with Crippen LogP contribution >= 0.6 is 11.3 Å². The van der Waals surface area contributed by atoms with Gasteiger partial charge < -0.3 is 14.6 Å². The van der Waals surface area contributed by atoms with Gasteiger partial charge in [-0.15, -0.1) is 11.3 Å². The van der Waals surface area contributed by atoms with Gasteiger partial charge >= 0.3 is 6.03 Å². The Morgan fingerprint density at radius 3 is 2.70 bits per heavy atom. The molecule has 1 N–H and O–H groups in total. The maximum Gasteiger partial charge on any atom is 0.325 e. The number of carbonyl (C=O) groups excluding carboxylic acids is 2. The lowest BCUT2D eigenvalue weighted by Crippen LogP contribution is -2.40. The number of aromatic nitrogens is 2. The first kappa shape index (κ1) is 17.2. The molecule has 2 aromatic heterocycles. The molecule has 3 aromatic rings. The van der Waals surface area contributed by atoms with E-state index >= 15 is 0 Å². The standard InChI is InChI=1S/C18H16N4O4S/c1-18(11-5-7-12(25-2)8-6-11)16(23)22(17(24)20-18)10-14-19-15(21-26-14)13-4-3-9-27-13/h3-9H,10H2,1-2H3,(H,20,24). The number of ether oxygens (including phenoxy) is 1. The molecule has 0 radical (unpaired) electrons. The van der Waals surface area contributed by atoms with Crippen LogP contribution < -0.4 is 10.1 Å². The van der Waals surface area contributed by atoms with Crippen molar-refractivity contribution in [2.45, 2.75) is 19.0 Å². The van der Waals surface area contributed by atoms with E-state index in [4.69, 9.17) is 9.26 Å². The minimum atomic E-state index is -1.17. The molecule has 8 nitrogen and oxygen atoms in total. The third kappa shape index (κ3) is 2.95. The Morgan fingerprint density at radius 1 is 1.26 bits per heavy atom. The van der Waals surface area contributed by atoms with Crippen molar-refractivity contribution in [2.75, 3.05) is 7.11 Å². The van der Waals surface area contributed by atoms with Gasteiger partial charge in [0.05, 0.1) is 12.0 Å². The molecule has 1 unspecified atom stereocenters. The predicted octanol–water partition coefficient (Wildman–Crippen LogP) is 2.77. The van der Waals surface area contributed by atoms with Crippen LogP contribution in [0.25, 0.3) is 10.7 Å². The van der Waals surface area contributed by atoms with Crippen LogP contribution in [0, 0.1) is 0 Å². The van der Waals surface area contributed by atoms with E-state index in [1.807, 2.05) is 17.5 Å². The molecule has 0 aliphatic carbocycles. The number of hydrogen-bond donors (Lipinski definition) is 1. The number of hydrogen-bond acceptors (Lipinski definition) is 7. The minimum Gasteiger partial charge on any atom is -0.497 e. The second-order valence-electron chi connectivity index (χ2n) is 6.16. The molecular weight excluding hydrogens is 368 g/mol. The number of benzene rings is 1. The van der Waals surface area contributed by atoms with Crippen LogP contribution in [0.5, 0.6) is 5.75 Å². The van der Waals surface area contributed by atoms with Crippen molar-refractivity contribution in [3.05, 3.63) is 53.2 Å². The molecule has 1 aromatic carbocycles. The summed E-state index contributed by atoms with van der Waals surface area (Å²) >= 11 is 1.48. The number of urea groups is 1. The normalized spacial score (nSPS) is 19.4. The Hall–Kier alpha value is -3.20. The molecule has 0 spiro atoms. The summed E-state index contributed by atoms with van der Waals surface area (Å²) in [6.07, 6.45) is 0. The van der Waals surface area contributed by atoms with E-state index in [9.17, 15) is 9.59 Å². The van der Waals surface area contributed by atoms with E-state index < -0.39 is 11.6 Å². The fraction of sp³-hybridized carbons (Fsp3) is 0.222. The minimum absolute atomic E-state index is 0.0885. The van der Waals surface area contributed by atoms with Gasteiger partial charge in [0, 0.05) is 0 Å². The molecule has 1 aliphatic heterocycles. The summed E-state index contributed by atoms with van der Waals surface area (Å²) < 4.78 is 10.3. The van der Waals surface area contributed by atoms with Crippen molar-refractivity contribution in [2.24, 2.45) is 0 Å². The van der Waals surface area contributed by atoms with Crippen molar-refractivity contribution < 1.29 is 18.8 Å². The number of methoxy groups -OCH3 is 1. The highest BCUT2D eigenvalue weighted by Crippen LogP contribution is 2.31. The van der Waals surface area contributed by atoms with E-state index in [1.54, 1.807) is 38.3 Å². The second-order valence-corrected chi connectivity index (χ2v) is 7.11. The number of rotatable bonds is 5. The number of nitrogens with one attached hydrogen (secondary N) is 1. The topological polar surface area (TPSA) is 97.6 Å². The average Bonchev–Trinajstić information content (AvgIpc) is 3.40. The highest BCUT2D eigenvalue weighted by Gasteiger charge is 2.49. The maximum absolute atomic E-state index is 13.0. The highest BCUT2D eigenvalue weighted by molar-refractivity contribution is 7.13. The molecule has 27 heavy (non-hydrogen) atoms. The first-order chi connectivity index (χ1) is 13.0. The van der Waals surface area contributed by atoms with Gasteiger partial charge in [-0.3, -0.25) is 9.69 Å². The lowest BCUT2D eigenvalue weighted by Gasteiger charge is -2.22. The third-order valence-corrected chi connectivity index (χ3v) is 5.31. The number of imide groups is 1. The van der Waals surface area contributed by atoms with Crippen LogP contribution in [0.15, 0.2) is 46.3 Å². The van der Waals surface area contributed by atoms with E-state index in [0.717, 1.165) is 9.78 Å². The summed E-state index contributed by atoms with van der Waals surface area (Å²) in [5.74, 6) is 0.919. The molecule has 3 heterocycles. The van der Waals surface area contributed by atoms with Crippen molar-refractivity contribution in [3.8, 4) is 16.5 Å². The Bertz CT molecular complexity index is 983. The summed E-state index contributed by atoms with van der Waals surface area (Å²) in [7, 11) is 1.57. The summed E-state index contributed by atoms with van der Waals surface area (Å²) in [5, 5.41) is 8.56. The summed E-state index contributed by atoms with van der Waals surface area (Å²) in [5.41, 5.74) is -0.506. The second kappa shape index (κ2) is 6.51. The van der Waals surface area contributed by atoms with E-state index in [-0.39, 0.29) is 18.3 Å². The number of amides is 3. The molecule has 1 atom stereocenters. The highest BCUT2D eigenvalue weighted by atomic mass is 32.1. The average molecular weight is 384 g/mol. The van der Waals surface area contributed by atoms with Gasteiger partial charge in [-0.25, -0.2) is 4.79 Å². The van der Waals surface area contributed by atoms with Crippen LogP contribution in [-0.4, -0.2) is 34.1 Å². The monoisotopic (exact) mass is 384 g/mol. The molecule has 1 saturated heterocycles. The van der Waals surface area contributed by atoms with Crippen molar-refractivity contribution >= 4 is 23.3 Å². The first-order valence-corrected chi connectivity index (χ1v) is 9.04. The zero-order chi connectivity index (χ0) is 19.0. The molecule has 1 aliphatic rings. The quantitative estimate of drug-likeness (QED) is 0.680. The van der Waals surface area contributed by atoms with Crippen LogP contribution in [0.4, 0.5) is 4.79 Å². The van der Waals surface area contributed by atoms with Gasteiger partial charge in [0.25, 0.3) is 5.91 Å². The summed E-state index contributed by atoms with van der Waals surface area (Å²) in [6.45, 7) is 1.58. The van der Waals surface area contributed by atoms with Crippen molar-refractivity contribution in [1.29, 1.82) is 0 Å². The maximum atomic E-state index is 13.0. The van der Waals surface area contributed by atoms with E-state index in [0.29, 0.717) is 17.1 Å². The fourth-order valence-corrected chi connectivity index (χ4v) is 3.57. The van der Waals surface area contributed by atoms with Gasteiger partial charge in [0.15, 0.2) is 0 Å². The largest absolute Gasteiger partial charge is 0.497 e. The Labute approximate surface area is 158 Å². The van der Waals surface area contributed by atoms with Crippen LogP contribution in [0.2, 0.25) is 0 Å². The Balaban J connectivity index is 1.56. The SMILES string of the molecule is COc1ccc(C2(C)NC(=O)N(Cc3nc(-c4cccs4)no3)C2=O)cc1. The molecule has 0 saturated carbocycles. The predicted molar refractivity (Wildman–Crippen MR) is 97.0 cm³/mol. The van der Waals surface area contributed by atoms with Crippen LogP contribution in [-0.2, 0) is 16.9 Å². The molecule has 9 heteroatoms. The fourth-order valence-electron chi connectivity index (χ4n) is 2.92. The van der Waals surface area contributed by atoms with Gasteiger partial charge in [-0.1, -0.05) is 23.4 Å². The van der Waals surface area contributed by atoms with E-state index in [2.05, 4.69) is 15.5 Å². The van der Waals surface area contributed by atoms with Gasteiger partial charge in [-0.05, 0) is 36.1 Å². The summed E-state index contributed by atoms with van der Waals surface area (Å²) in [4.78, 5) is 31.6. The zero-order valence-corrected chi connectivity index (χ0v) is 15.4. The molecule has 0 bridgehead atoms. The molecule has 3 amide bonds. The van der Waals surface area contributed by atoms with Crippen LogP contribution in [0.3, 0.4) is 0 Å². The van der Waals surface area contributed by atoms with Gasteiger partial charge in [0.1, 0.15) is 17.8 Å². The lowest BCUT2D eigenvalue weighted by atomic mass is 9.92. The molecule has 4 rings (SSSR count). The van der Waals surface area contributed by atoms with Crippen molar-refractivity contribution in [1.82, 2.24) is 20.4 Å². The number of nitrogens with zero attached hydrogens (tertiary/aromatic N) is 3. The Kier molecular flexibility index (Phi) is 4.15. The van der Waals surface area contributed by atoms with Gasteiger partial charge in [-0.2, -0.15) is 4.98 Å². The van der Waals surface area contributed by atoms with Crippen LogP contribution in [0.1, 0.15) is 18.4 Å². The number of carbonyl (C=O) groups is 2. The lowest BCUT2D eigenvalue weighted by molar-refractivity contribution is -0.131. The summed E-state index contributed by atoms with van der Waals surface area (Å²) in [6, 6.07) is 10.2. The Morgan fingerprint density at radius 2 is 2.04 bits per heavy atom. The molecule has 1 fully saturated rings. The first-order valence-electron chi connectivity index (χ1n) is 8.16. The van der Waals surface area contributed by atoms with Gasteiger partial charge in [0.2, 0.25) is 11.7 Å². The number of thiophene rings is 1.